The molecule has 0 bridgehead atoms. The van der Waals surface area contributed by atoms with Gasteiger partial charge in [-0.05, 0) is 30.3 Å². The Hall–Kier alpha value is -2.49. The summed E-state index contributed by atoms with van der Waals surface area (Å²) >= 11 is 0. The lowest BCUT2D eigenvalue weighted by atomic mass is 10.2. The van der Waals surface area contributed by atoms with E-state index in [2.05, 4.69) is 0 Å². The second-order valence-electron chi connectivity index (χ2n) is 3.58. The van der Waals surface area contributed by atoms with Crippen molar-refractivity contribution in [2.75, 3.05) is 7.11 Å². The molecular formula is C14H12O4. The van der Waals surface area contributed by atoms with E-state index in [1.54, 1.807) is 24.3 Å². The lowest BCUT2D eigenvalue weighted by molar-refractivity contribution is 0.0693. The molecule has 0 aliphatic rings. The summed E-state index contributed by atoms with van der Waals surface area (Å²) in [6.45, 7) is 0. The van der Waals surface area contributed by atoms with Crippen molar-refractivity contribution in [2.24, 2.45) is 0 Å². The zero-order valence-electron chi connectivity index (χ0n) is 9.79. The van der Waals surface area contributed by atoms with Gasteiger partial charge in [-0.2, -0.15) is 0 Å². The highest BCUT2D eigenvalue weighted by Crippen LogP contribution is 2.27. The topological polar surface area (TPSA) is 55.8 Å². The molecule has 0 aromatic heterocycles. The summed E-state index contributed by atoms with van der Waals surface area (Å²) < 4.78 is 10.5. The molecule has 0 spiro atoms. The van der Waals surface area contributed by atoms with Gasteiger partial charge in [-0.15, -0.1) is 0 Å². The summed E-state index contributed by atoms with van der Waals surface area (Å²) in [6, 6.07) is 13.8. The van der Waals surface area contributed by atoms with Crippen LogP contribution in [0.4, 0.5) is 0 Å². The SMILES string of the molecule is COc1ccc(Oc2ccccc2)cc1C(=O)O. The minimum absolute atomic E-state index is 0.0749. The molecule has 92 valence electrons. The van der Waals surface area contributed by atoms with Gasteiger partial charge in [0, 0.05) is 0 Å². The molecule has 0 saturated heterocycles. The van der Waals surface area contributed by atoms with E-state index in [0.29, 0.717) is 17.2 Å². The third-order valence-corrected chi connectivity index (χ3v) is 2.38. The number of ether oxygens (including phenoxy) is 2. The fraction of sp³-hybridized carbons (Fsp3) is 0.0714. The smallest absolute Gasteiger partial charge is 0.339 e. The predicted octanol–water partition coefficient (Wildman–Crippen LogP) is 3.19. The van der Waals surface area contributed by atoms with E-state index >= 15 is 0 Å². The van der Waals surface area contributed by atoms with E-state index in [0.717, 1.165) is 0 Å². The molecule has 1 N–H and O–H groups in total. The number of aromatic carboxylic acids is 1. The summed E-state index contributed by atoms with van der Waals surface area (Å²) in [5.74, 6) is 0.367. The fourth-order valence-corrected chi connectivity index (χ4v) is 1.54. The van der Waals surface area contributed by atoms with Crippen LogP contribution in [-0.2, 0) is 0 Å². The number of carbonyl (C=O) groups is 1. The predicted molar refractivity (Wildman–Crippen MR) is 66.5 cm³/mol. The first-order chi connectivity index (χ1) is 8.70. The van der Waals surface area contributed by atoms with Crippen molar-refractivity contribution in [3.8, 4) is 17.2 Å². The van der Waals surface area contributed by atoms with Crippen molar-refractivity contribution >= 4 is 5.97 Å². The number of hydrogen-bond donors (Lipinski definition) is 1. The maximum atomic E-state index is 11.0. The molecule has 4 nitrogen and oxygen atoms in total. The molecule has 2 rings (SSSR count). The summed E-state index contributed by atoms with van der Waals surface area (Å²) in [5.41, 5.74) is 0.0749. The zero-order chi connectivity index (χ0) is 13.0. The van der Waals surface area contributed by atoms with Crippen molar-refractivity contribution in [1.82, 2.24) is 0 Å². The summed E-state index contributed by atoms with van der Waals surface area (Å²) in [5, 5.41) is 9.05. The molecule has 0 saturated carbocycles. The van der Waals surface area contributed by atoms with Crippen molar-refractivity contribution in [1.29, 1.82) is 0 Å². The van der Waals surface area contributed by atoms with Crippen molar-refractivity contribution < 1.29 is 19.4 Å². The molecule has 0 fully saturated rings. The number of carboxylic acid groups (broad SMARTS) is 1. The highest BCUT2D eigenvalue weighted by molar-refractivity contribution is 5.91. The fourth-order valence-electron chi connectivity index (χ4n) is 1.54. The molecule has 0 heterocycles. The van der Waals surface area contributed by atoms with Gasteiger partial charge in [0.05, 0.1) is 7.11 Å². The largest absolute Gasteiger partial charge is 0.496 e. The number of para-hydroxylation sites is 1. The molecular weight excluding hydrogens is 232 g/mol. The van der Waals surface area contributed by atoms with E-state index < -0.39 is 5.97 Å². The number of benzene rings is 2. The highest BCUT2D eigenvalue weighted by Gasteiger charge is 2.12. The number of carboxylic acids is 1. The Kier molecular flexibility index (Phi) is 3.48. The maximum absolute atomic E-state index is 11.0. The normalized spacial score (nSPS) is 9.83. The van der Waals surface area contributed by atoms with Gasteiger partial charge < -0.3 is 14.6 Å². The van der Waals surface area contributed by atoms with Crippen LogP contribution in [0.25, 0.3) is 0 Å². The highest BCUT2D eigenvalue weighted by atomic mass is 16.5. The van der Waals surface area contributed by atoms with Crippen molar-refractivity contribution in [2.45, 2.75) is 0 Å². The first kappa shape index (κ1) is 12.0. The van der Waals surface area contributed by atoms with Crippen molar-refractivity contribution in [3.63, 3.8) is 0 Å². The van der Waals surface area contributed by atoms with Crippen LogP contribution in [0.3, 0.4) is 0 Å². The number of hydrogen-bond acceptors (Lipinski definition) is 3. The molecule has 0 amide bonds. The Labute approximate surface area is 104 Å². The lowest BCUT2D eigenvalue weighted by Crippen LogP contribution is -2.00. The van der Waals surface area contributed by atoms with Crippen LogP contribution in [0.15, 0.2) is 48.5 Å². The van der Waals surface area contributed by atoms with Gasteiger partial charge in [0.25, 0.3) is 0 Å². The number of rotatable bonds is 4. The van der Waals surface area contributed by atoms with Gasteiger partial charge in [0.1, 0.15) is 22.8 Å². The van der Waals surface area contributed by atoms with Crippen molar-refractivity contribution in [3.05, 3.63) is 54.1 Å². The van der Waals surface area contributed by atoms with Gasteiger partial charge in [-0.3, -0.25) is 0 Å². The Morgan fingerprint density at radius 3 is 2.39 bits per heavy atom. The van der Waals surface area contributed by atoms with Crippen LogP contribution >= 0.6 is 0 Å². The van der Waals surface area contributed by atoms with Crippen LogP contribution in [0.1, 0.15) is 10.4 Å². The second kappa shape index (κ2) is 5.23. The molecule has 0 atom stereocenters. The first-order valence-electron chi connectivity index (χ1n) is 5.35. The molecule has 0 aliphatic carbocycles. The first-order valence-corrected chi connectivity index (χ1v) is 5.35. The van der Waals surface area contributed by atoms with E-state index in [1.165, 1.54) is 13.2 Å². The Morgan fingerprint density at radius 1 is 1.06 bits per heavy atom. The van der Waals surface area contributed by atoms with Crippen LogP contribution in [-0.4, -0.2) is 18.2 Å². The van der Waals surface area contributed by atoms with E-state index in [1.807, 2.05) is 18.2 Å². The minimum atomic E-state index is -1.05. The Balaban J connectivity index is 2.30. The van der Waals surface area contributed by atoms with Crippen LogP contribution in [0.2, 0.25) is 0 Å². The zero-order valence-corrected chi connectivity index (χ0v) is 9.79. The van der Waals surface area contributed by atoms with Gasteiger partial charge in [0.15, 0.2) is 0 Å². The molecule has 2 aromatic rings. The monoisotopic (exact) mass is 244 g/mol. The van der Waals surface area contributed by atoms with E-state index in [-0.39, 0.29) is 5.56 Å². The molecule has 18 heavy (non-hydrogen) atoms. The summed E-state index contributed by atoms with van der Waals surface area (Å²) in [6.07, 6.45) is 0. The molecule has 0 unspecified atom stereocenters. The molecule has 2 aromatic carbocycles. The summed E-state index contributed by atoms with van der Waals surface area (Å²) in [4.78, 5) is 11.0. The third-order valence-electron chi connectivity index (χ3n) is 2.38. The summed E-state index contributed by atoms with van der Waals surface area (Å²) in [7, 11) is 1.43. The standard InChI is InChI=1S/C14H12O4/c1-17-13-8-7-11(9-12(13)14(15)16)18-10-5-3-2-4-6-10/h2-9H,1H3,(H,15,16). The second-order valence-corrected chi connectivity index (χ2v) is 3.58. The quantitative estimate of drug-likeness (QED) is 0.897. The van der Waals surface area contributed by atoms with E-state index in [4.69, 9.17) is 14.6 Å². The lowest BCUT2D eigenvalue weighted by Gasteiger charge is -2.09. The van der Waals surface area contributed by atoms with Crippen LogP contribution < -0.4 is 9.47 Å². The van der Waals surface area contributed by atoms with Crippen LogP contribution in [0, 0.1) is 0 Å². The van der Waals surface area contributed by atoms with Crippen LogP contribution in [0.5, 0.6) is 17.2 Å². The average Bonchev–Trinajstić information content (AvgIpc) is 2.40. The minimum Gasteiger partial charge on any atom is -0.496 e. The Morgan fingerprint density at radius 2 is 1.78 bits per heavy atom. The Bertz CT molecular complexity index is 549. The van der Waals surface area contributed by atoms with E-state index in [9.17, 15) is 4.79 Å². The van der Waals surface area contributed by atoms with Gasteiger partial charge in [-0.1, -0.05) is 18.2 Å². The molecule has 0 radical (unpaired) electrons. The molecule has 0 aliphatic heterocycles. The number of methoxy groups -OCH3 is 1. The van der Waals surface area contributed by atoms with Gasteiger partial charge in [-0.25, -0.2) is 4.79 Å². The van der Waals surface area contributed by atoms with Gasteiger partial charge in [0.2, 0.25) is 0 Å². The molecule has 4 heteroatoms. The third kappa shape index (κ3) is 2.60. The maximum Gasteiger partial charge on any atom is 0.339 e. The van der Waals surface area contributed by atoms with Gasteiger partial charge >= 0.3 is 5.97 Å². The average molecular weight is 244 g/mol.